The van der Waals surface area contributed by atoms with Crippen molar-refractivity contribution in [3.05, 3.63) is 48.5 Å². The van der Waals surface area contributed by atoms with Crippen LogP contribution in [0.5, 0.6) is 0 Å². The lowest BCUT2D eigenvalue weighted by molar-refractivity contribution is -0.00370. The summed E-state index contributed by atoms with van der Waals surface area (Å²) in [5.41, 5.74) is 2.58. The molecule has 2 fully saturated rings. The zero-order chi connectivity index (χ0) is 21.4. The van der Waals surface area contributed by atoms with E-state index < -0.39 is 12.2 Å². The van der Waals surface area contributed by atoms with E-state index in [0.29, 0.717) is 23.4 Å². The minimum atomic E-state index is -0.970. The van der Waals surface area contributed by atoms with Gasteiger partial charge in [0.15, 0.2) is 11.5 Å². The van der Waals surface area contributed by atoms with Gasteiger partial charge in [-0.15, -0.1) is 0 Å². The molecule has 164 valence electrons. The lowest BCUT2D eigenvalue weighted by Gasteiger charge is -2.19. The zero-order valence-electron chi connectivity index (χ0n) is 17.2. The molecule has 5 atom stereocenters. The van der Waals surface area contributed by atoms with Crippen molar-refractivity contribution in [1.82, 2.24) is 24.4 Å². The standard InChI is InChI=1S/C22H28N6O3/c29-11-15-8-17(20(31)19(15)30)28-13-25-18-21(23-12-24-22(18)28)26-16-6-7-27(10-16)9-14-4-2-1-3-5-14/h1-5,12-13,15-17,19-20,29-31H,6-11H2,(H,23,24,26)/t15-,16+,17-,19+,20-/m1/s1. The third-order valence-corrected chi connectivity index (χ3v) is 6.58. The van der Waals surface area contributed by atoms with Crippen molar-refractivity contribution in [2.24, 2.45) is 5.92 Å². The Hall–Kier alpha value is -2.59. The number of aliphatic hydroxyl groups excluding tert-OH is 3. The fourth-order valence-corrected chi connectivity index (χ4v) is 4.89. The van der Waals surface area contributed by atoms with Gasteiger partial charge in [0.1, 0.15) is 17.9 Å². The molecule has 2 aliphatic rings. The van der Waals surface area contributed by atoms with Gasteiger partial charge in [0.05, 0.1) is 18.5 Å². The van der Waals surface area contributed by atoms with Crippen LogP contribution in [-0.2, 0) is 6.54 Å². The van der Waals surface area contributed by atoms with Gasteiger partial charge in [-0.1, -0.05) is 30.3 Å². The predicted octanol–water partition coefficient (Wildman–Crippen LogP) is 0.788. The number of hydrogen-bond donors (Lipinski definition) is 4. The summed E-state index contributed by atoms with van der Waals surface area (Å²) < 4.78 is 1.79. The van der Waals surface area contributed by atoms with E-state index in [1.165, 1.54) is 11.9 Å². The number of anilines is 1. The highest BCUT2D eigenvalue weighted by atomic mass is 16.3. The molecule has 1 aromatic carbocycles. The minimum Gasteiger partial charge on any atom is -0.396 e. The first-order chi connectivity index (χ1) is 15.1. The maximum absolute atomic E-state index is 10.5. The van der Waals surface area contributed by atoms with Crippen LogP contribution in [-0.4, -0.2) is 77.7 Å². The number of hydrogen-bond acceptors (Lipinski definition) is 8. The van der Waals surface area contributed by atoms with Crippen LogP contribution in [0, 0.1) is 5.92 Å². The summed E-state index contributed by atoms with van der Waals surface area (Å²) in [6.07, 6.45) is 2.70. The van der Waals surface area contributed by atoms with E-state index in [1.807, 2.05) is 6.07 Å². The van der Waals surface area contributed by atoms with Gasteiger partial charge in [-0.25, -0.2) is 15.0 Å². The quantitative estimate of drug-likeness (QED) is 0.459. The van der Waals surface area contributed by atoms with E-state index in [-0.39, 0.29) is 24.6 Å². The van der Waals surface area contributed by atoms with E-state index >= 15 is 0 Å². The number of rotatable bonds is 6. The zero-order valence-corrected chi connectivity index (χ0v) is 17.2. The average molecular weight is 425 g/mol. The van der Waals surface area contributed by atoms with Gasteiger partial charge in [0.2, 0.25) is 0 Å². The van der Waals surface area contributed by atoms with Crippen LogP contribution in [0.1, 0.15) is 24.4 Å². The molecule has 1 saturated heterocycles. The molecule has 1 aliphatic heterocycles. The van der Waals surface area contributed by atoms with Crippen molar-refractivity contribution in [2.45, 2.75) is 43.7 Å². The highest BCUT2D eigenvalue weighted by Crippen LogP contribution is 2.37. The van der Waals surface area contributed by atoms with Gasteiger partial charge < -0.3 is 25.2 Å². The lowest BCUT2D eigenvalue weighted by Crippen LogP contribution is -2.30. The molecule has 1 aliphatic carbocycles. The van der Waals surface area contributed by atoms with Crippen molar-refractivity contribution in [3.8, 4) is 0 Å². The van der Waals surface area contributed by atoms with Crippen molar-refractivity contribution >= 4 is 17.0 Å². The maximum Gasteiger partial charge on any atom is 0.165 e. The molecule has 31 heavy (non-hydrogen) atoms. The van der Waals surface area contributed by atoms with Gasteiger partial charge in [0.25, 0.3) is 0 Å². The highest BCUT2D eigenvalue weighted by Gasteiger charge is 2.42. The summed E-state index contributed by atoms with van der Waals surface area (Å²) in [4.78, 5) is 15.7. The number of aromatic nitrogens is 4. The van der Waals surface area contributed by atoms with Crippen LogP contribution in [0.15, 0.2) is 43.0 Å². The van der Waals surface area contributed by atoms with E-state index in [0.717, 1.165) is 26.1 Å². The molecule has 0 bridgehead atoms. The second-order valence-corrected chi connectivity index (χ2v) is 8.62. The SMILES string of the molecule is OC[C@H]1C[C@@H](n2cnc3c(N[C@H]4CCN(Cc5ccccc5)C4)ncnc32)[C@@H](O)[C@H]1O. The molecule has 0 amide bonds. The Balaban J connectivity index is 1.31. The maximum atomic E-state index is 10.5. The summed E-state index contributed by atoms with van der Waals surface area (Å²) in [6, 6.07) is 10.4. The number of benzene rings is 1. The van der Waals surface area contributed by atoms with Crippen LogP contribution < -0.4 is 5.32 Å². The summed E-state index contributed by atoms with van der Waals surface area (Å²) in [5.74, 6) is 0.327. The number of fused-ring (bicyclic) bond motifs is 1. The van der Waals surface area contributed by atoms with Crippen molar-refractivity contribution in [3.63, 3.8) is 0 Å². The number of nitrogens with zero attached hydrogens (tertiary/aromatic N) is 5. The molecule has 2 aromatic heterocycles. The molecule has 0 radical (unpaired) electrons. The average Bonchev–Trinajstić information content (AvgIpc) is 3.48. The van der Waals surface area contributed by atoms with Gasteiger partial charge >= 0.3 is 0 Å². The lowest BCUT2D eigenvalue weighted by atomic mass is 10.1. The largest absolute Gasteiger partial charge is 0.396 e. The molecule has 0 spiro atoms. The summed E-state index contributed by atoms with van der Waals surface area (Å²) in [5, 5.41) is 33.6. The molecule has 3 aromatic rings. The summed E-state index contributed by atoms with van der Waals surface area (Å²) >= 11 is 0. The van der Waals surface area contributed by atoms with Crippen molar-refractivity contribution in [1.29, 1.82) is 0 Å². The molecular weight excluding hydrogens is 396 g/mol. The summed E-state index contributed by atoms with van der Waals surface area (Å²) in [7, 11) is 0. The van der Waals surface area contributed by atoms with Gasteiger partial charge in [-0.2, -0.15) is 0 Å². The second kappa shape index (κ2) is 8.51. The number of nitrogens with one attached hydrogen (secondary N) is 1. The minimum absolute atomic E-state index is 0.162. The Labute approximate surface area is 180 Å². The van der Waals surface area contributed by atoms with Crippen LogP contribution in [0.25, 0.3) is 11.2 Å². The molecule has 9 heteroatoms. The topological polar surface area (TPSA) is 120 Å². The number of likely N-dealkylation sites (tertiary alicyclic amines) is 1. The Bertz CT molecular complexity index is 1030. The van der Waals surface area contributed by atoms with Crippen LogP contribution in [0.3, 0.4) is 0 Å². The fraction of sp³-hybridized carbons (Fsp3) is 0.500. The molecule has 9 nitrogen and oxygen atoms in total. The highest BCUT2D eigenvalue weighted by molar-refractivity contribution is 5.83. The fourth-order valence-electron chi connectivity index (χ4n) is 4.89. The molecule has 0 unspecified atom stereocenters. The Kier molecular flexibility index (Phi) is 5.58. The molecule has 1 saturated carbocycles. The molecule has 3 heterocycles. The predicted molar refractivity (Wildman–Crippen MR) is 115 cm³/mol. The smallest absolute Gasteiger partial charge is 0.165 e. The van der Waals surface area contributed by atoms with Crippen molar-refractivity contribution in [2.75, 3.05) is 25.0 Å². The normalized spacial score (nSPS) is 29.1. The van der Waals surface area contributed by atoms with E-state index in [2.05, 4.69) is 49.4 Å². The number of imidazole rings is 1. The van der Waals surface area contributed by atoms with E-state index in [4.69, 9.17) is 0 Å². The van der Waals surface area contributed by atoms with Gasteiger partial charge in [-0.05, 0) is 18.4 Å². The molecule has 4 N–H and O–H groups in total. The van der Waals surface area contributed by atoms with Crippen LogP contribution >= 0.6 is 0 Å². The van der Waals surface area contributed by atoms with E-state index in [9.17, 15) is 15.3 Å². The third-order valence-electron chi connectivity index (χ3n) is 6.58. The first kappa shape index (κ1) is 20.3. The third kappa shape index (κ3) is 3.89. The van der Waals surface area contributed by atoms with Crippen molar-refractivity contribution < 1.29 is 15.3 Å². The Morgan fingerprint density at radius 1 is 1.06 bits per heavy atom. The monoisotopic (exact) mass is 424 g/mol. The second-order valence-electron chi connectivity index (χ2n) is 8.62. The Morgan fingerprint density at radius 2 is 1.90 bits per heavy atom. The first-order valence-electron chi connectivity index (χ1n) is 10.8. The van der Waals surface area contributed by atoms with Crippen LogP contribution in [0.4, 0.5) is 5.82 Å². The first-order valence-corrected chi connectivity index (χ1v) is 10.8. The van der Waals surface area contributed by atoms with Crippen LogP contribution in [0.2, 0.25) is 0 Å². The van der Waals surface area contributed by atoms with Gasteiger partial charge in [-0.3, -0.25) is 4.90 Å². The van der Waals surface area contributed by atoms with Gasteiger partial charge in [0, 0.05) is 38.2 Å². The molecular formula is C22H28N6O3. The number of aliphatic hydroxyl groups is 3. The van der Waals surface area contributed by atoms with E-state index in [1.54, 1.807) is 10.9 Å². The molecule has 5 rings (SSSR count). The summed E-state index contributed by atoms with van der Waals surface area (Å²) in [6.45, 7) is 2.71. The Morgan fingerprint density at radius 3 is 2.68 bits per heavy atom.